The van der Waals surface area contributed by atoms with Crippen LogP contribution in [0.2, 0.25) is 5.02 Å². The molecule has 1 heterocycles. The van der Waals surface area contributed by atoms with Crippen molar-refractivity contribution in [1.82, 2.24) is 4.90 Å². The predicted octanol–water partition coefficient (Wildman–Crippen LogP) is 3.12. The van der Waals surface area contributed by atoms with Crippen LogP contribution in [0.5, 0.6) is 0 Å². The van der Waals surface area contributed by atoms with Crippen molar-refractivity contribution in [2.45, 2.75) is 26.8 Å². The average Bonchev–Trinajstić information content (AvgIpc) is 2.48. The largest absolute Gasteiger partial charge is 0.368 e. The Morgan fingerprint density at radius 1 is 1.17 bits per heavy atom. The molecule has 0 spiro atoms. The number of nitrogens with zero attached hydrogens (tertiary/aromatic N) is 2. The second-order valence-electron chi connectivity index (χ2n) is 5.89. The number of carbonyl (C=O) groups excluding carboxylic acids is 1. The first kappa shape index (κ1) is 22.3. The number of benzene rings is 1. The molecule has 2 rings (SSSR count). The second-order valence-corrected chi connectivity index (χ2v) is 6.33. The number of amides is 1. The van der Waals surface area contributed by atoms with Crippen LogP contribution in [0.4, 0.5) is 5.69 Å². The fourth-order valence-corrected chi connectivity index (χ4v) is 2.77. The van der Waals surface area contributed by atoms with Gasteiger partial charge >= 0.3 is 0 Å². The zero-order chi connectivity index (χ0) is 15.6. The third kappa shape index (κ3) is 5.42. The minimum Gasteiger partial charge on any atom is -0.368 e. The summed E-state index contributed by atoms with van der Waals surface area (Å²) in [5, 5.41) is 0.750. The maximum atomic E-state index is 12.3. The summed E-state index contributed by atoms with van der Waals surface area (Å²) in [6.07, 6.45) is 0. The van der Waals surface area contributed by atoms with Crippen LogP contribution in [0.15, 0.2) is 18.2 Å². The highest BCUT2D eigenvalue weighted by Gasteiger charge is 2.27. The van der Waals surface area contributed by atoms with E-state index in [1.54, 1.807) is 0 Å². The smallest absolute Gasteiger partial charge is 0.227 e. The van der Waals surface area contributed by atoms with Crippen molar-refractivity contribution in [3.63, 3.8) is 0 Å². The molecule has 1 aliphatic heterocycles. The van der Waals surface area contributed by atoms with Gasteiger partial charge < -0.3 is 15.5 Å². The molecule has 1 saturated heterocycles. The van der Waals surface area contributed by atoms with Gasteiger partial charge in [0.15, 0.2) is 0 Å². The van der Waals surface area contributed by atoms with Crippen molar-refractivity contribution in [1.29, 1.82) is 0 Å². The van der Waals surface area contributed by atoms with Gasteiger partial charge in [-0.15, -0.1) is 24.8 Å². The first-order valence-corrected chi connectivity index (χ1v) is 7.83. The molecule has 0 aromatic heterocycles. The molecular weight excluding hydrogens is 357 g/mol. The number of aryl methyl sites for hydroxylation is 1. The predicted molar refractivity (Wildman–Crippen MR) is 102 cm³/mol. The van der Waals surface area contributed by atoms with Crippen LogP contribution in [-0.4, -0.2) is 43.0 Å². The summed E-state index contributed by atoms with van der Waals surface area (Å²) in [5.41, 5.74) is 8.20. The van der Waals surface area contributed by atoms with Gasteiger partial charge in [-0.25, -0.2) is 0 Å². The monoisotopic (exact) mass is 381 g/mol. The number of rotatable bonds is 3. The molecule has 1 aromatic carbocycles. The van der Waals surface area contributed by atoms with E-state index in [9.17, 15) is 4.79 Å². The summed E-state index contributed by atoms with van der Waals surface area (Å²) < 4.78 is 0. The van der Waals surface area contributed by atoms with Gasteiger partial charge in [0.05, 0.1) is 5.92 Å². The lowest BCUT2D eigenvalue weighted by Gasteiger charge is -2.38. The van der Waals surface area contributed by atoms with Crippen molar-refractivity contribution in [2.75, 3.05) is 31.1 Å². The quantitative estimate of drug-likeness (QED) is 0.874. The fourth-order valence-electron chi connectivity index (χ4n) is 2.60. The summed E-state index contributed by atoms with van der Waals surface area (Å²) in [5.74, 6) is 0.0388. The first-order chi connectivity index (χ1) is 9.90. The number of hydrogen-bond acceptors (Lipinski definition) is 3. The van der Waals surface area contributed by atoms with Crippen LogP contribution in [0.1, 0.15) is 19.4 Å². The molecule has 1 amide bonds. The van der Waals surface area contributed by atoms with E-state index in [0.717, 1.165) is 36.9 Å². The third-order valence-corrected chi connectivity index (χ3v) is 4.52. The Labute approximate surface area is 156 Å². The molecule has 0 radical (unpaired) electrons. The van der Waals surface area contributed by atoms with Gasteiger partial charge in [-0.2, -0.15) is 0 Å². The number of anilines is 1. The molecule has 23 heavy (non-hydrogen) atoms. The van der Waals surface area contributed by atoms with Crippen LogP contribution in [0, 0.1) is 12.8 Å². The van der Waals surface area contributed by atoms with E-state index < -0.39 is 0 Å². The van der Waals surface area contributed by atoms with Gasteiger partial charge in [-0.3, -0.25) is 4.79 Å². The lowest BCUT2D eigenvalue weighted by atomic mass is 10.0. The van der Waals surface area contributed by atoms with Crippen LogP contribution in [0.25, 0.3) is 0 Å². The zero-order valence-corrected chi connectivity index (χ0v) is 16.2. The normalized spacial score (nSPS) is 16.9. The summed E-state index contributed by atoms with van der Waals surface area (Å²) in [6.45, 7) is 9.01. The van der Waals surface area contributed by atoms with Gasteiger partial charge in [-0.05, 0) is 31.5 Å². The Hall–Kier alpha value is -0.680. The van der Waals surface area contributed by atoms with Gasteiger partial charge in [0.1, 0.15) is 0 Å². The maximum absolute atomic E-state index is 12.3. The fraction of sp³-hybridized carbons (Fsp3) is 0.562. The van der Waals surface area contributed by atoms with Crippen LogP contribution in [0.3, 0.4) is 0 Å². The molecular formula is C16H26Cl3N3O. The van der Waals surface area contributed by atoms with Gasteiger partial charge in [0.2, 0.25) is 5.91 Å². The second kappa shape index (κ2) is 9.58. The standard InChI is InChI=1S/C16H24ClN3O.2ClH/c1-11-4-5-14(17)10-15(11)19-6-8-20(9-7-19)16(21)12(2)13(3)18;;/h4-5,10,12-13H,6-9,18H2,1-3H3;2*1H. The lowest BCUT2D eigenvalue weighted by Crippen LogP contribution is -2.52. The molecule has 1 aromatic rings. The highest BCUT2D eigenvalue weighted by atomic mass is 35.5. The summed E-state index contributed by atoms with van der Waals surface area (Å²) in [4.78, 5) is 16.5. The Morgan fingerprint density at radius 2 is 1.74 bits per heavy atom. The number of piperazine rings is 1. The van der Waals surface area contributed by atoms with E-state index in [4.69, 9.17) is 17.3 Å². The topological polar surface area (TPSA) is 49.6 Å². The average molecular weight is 383 g/mol. The SMILES string of the molecule is Cc1ccc(Cl)cc1N1CCN(C(=O)C(C)C(C)N)CC1.Cl.Cl. The lowest BCUT2D eigenvalue weighted by molar-refractivity contribution is -0.135. The molecule has 4 nitrogen and oxygen atoms in total. The third-order valence-electron chi connectivity index (χ3n) is 4.28. The Kier molecular flexibility index (Phi) is 9.29. The number of carbonyl (C=O) groups is 1. The van der Waals surface area contributed by atoms with Crippen molar-refractivity contribution in [3.8, 4) is 0 Å². The molecule has 0 aliphatic carbocycles. The van der Waals surface area contributed by atoms with E-state index in [0.29, 0.717) is 0 Å². The summed E-state index contributed by atoms with van der Waals surface area (Å²) in [6, 6.07) is 5.84. The Morgan fingerprint density at radius 3 is 2.26 bits per heavy atom. The number of hydrogen-bond donors (Lipinski definition) is 1. The molecule has 0 bridgehead atoms. The summed E-state index contributed by atoms with van der Waals surface area (Å²) >= 11 is 6.09. The molecule has 7 heteroatoms. The highest BCUT2D eigenvalue weighted by Crippen LogP contribution is 2.25. The van der Waals surface area contributed by atoms with Gasteiger partial charge in [0, 0.05) is 42.9 Å². The minimum atomic E-state index is -0.121. The molecule has 1 aliphatic rings. The van der Waals surface area contributed by atoms with E-state index >= 15 is 0 Å². The van der Waals surface area contributed by atoms with Gasteiger partial charge in [0.25, 0.3) is 0 Å². The molecule has 2 N–H and O–H groups in total. The molecule has 2 unspecified atom stereocenters. The van der Waals surface area contributed by atoms with E-state index in [2.05, 4.69) is 11.8 Å². The Bertz CT molecular complexity index is 517. The van der Waals surface area contributed by atoms with Crippen LogP contribution >= 0.6 is 36.4 Å². The van der Waals surface area contributed by atoms with E-state index in [1.807, 2.05) is 36.9 Å². The van der Waals surface area contributed by atoms with Crippen molar-refractivity contribution in [3.05, 3.63) is 28.8 Å². The van der Waals surface area contributed by atoms with Crippen molar-refractivity contribution < 1.29 is 4.79 Å². The zero-order valence-electron chi connectivity index (χ0n) is 13.8. The van der Waals surface area contributed by atoms with Crippen LogP contribution < -0.4 is 10.6 Å². The molecule has 132 valence electrons. The highest BCUT2D eigenvalue weighted by molar-refractivity contribution is 6.30. The van der Waals surface area contributed by atoms with Crippen LogP contribution in [-0.2, 0) is 4.79 Å². The Balaban J connectivity index is 0.00000242. The summed E-state index contributed by atoms with van der Waals surface area (Å²) in [7, 11) is 0. The number of halogens is 3. The van der Waals surface area contributed by atoms with Gasteiger partial charge in [-0.1, -0.05) is 24.6 Å². The van der Waals surface area contributed by atoms with E-state index in [-0.39, 0.29) is 42.7 Å². The molecule has 2 atom stereocenters. The molecule has 0 saturated carbocycles. The maximum Gasteiger partial charge on any atom is 0.227 e. The molecule has 1 fully saturated rings. The number of nitrogens with two attached hydrogens (primary N) is 1. The van der Waals surface area contributed by atoms with E-state index in [1.165, 1.54) is 5.56 Å². The minimum absolute atomic E-state index is 0. The first-order valence-electron chi connectivity index (χ1n) is 7.45. The van der Waals surface area contributed by atoms with Crippen molar-refractivity contribution >= 4 is 48.0 Å². The van der Waals surface area contributed by atoms with Crippen molar-refractivity contribution in [2.24, 2.45) is 11.7 Å².